The lowest BCUT2D eigenvalue weighted by molar-refractivity contribution is 0.339. The van der Waals surface area contributed by atoms with Crippen molar-refractivity contribution in [1.29, 1.82) is 0 Å². The SMILES string of the molecule is CCOc1ccccc1/C=C/c1ccc(N(c2ccc(C)cc2)c2ccc(-c3ccc(N(c4ccc(C)cc4)c4ccc(/C=C/c5ccc(C)cc5)cc4)cc3)cc2)cc1. The van der Waals surface area contributed by atoms with E-state index < -0.39 is 0 Å². The van der Waals surface area contributed by atoms with Gasteiger partial charge in [0.25, 0.3) is 0 Å². The van der Waals surface area contributed by atoms with Crippen LogP contribution in [0.4, 0.5) is 34.1 Å². The second kappa shape index (κ2) is 18.5. The quantitative estimate of drug-likeness (QED) is 0.108. The summed E-state index contributed by atoms with van der Waals surface area (Å²) in [5, 5.41) is 0. The molecule has 3 heteroatoms. The number of ether oxygens (including phenoxy) is 1. The summed E-state index contributed by atoms with van der Waals surface area (Å²) in [6.07, 6.45) is 8.59. The van der Waals surface area contributed by atoms with E-state index in [2.05, 4.69) is 231 Å². The Kier molecular flexibility index (Phi) is 12.2. The van der Waals surface area contributed by atoms with Gasteiger partial charge in [0.05, 0.1) is 6.61 Å². The third-order valence-corrected chi connectivity index (χ3v) is 10.7. The Balaban J connectivity index is 1.04. The van der Waals surface area contributed by atoms with E-state index in [4.69, 9.17) is 4.74 Å². The van der Waals surface area contributed by atoms with Crippen LogP contribution in [0.15, 0.2) is 194 Å². The average Bonchev–Trinajstić information content (AvgIpc) is 3.29. The van der Waals surface area contributed by atoms with Gasteiger partial charge in [0, 0.05) is 39.7 Å². The van der Waals surface area contributed by atoms with Crippen LogP contribution in [0.5, 0.6) is 5.75 Å². The maximum absolute atomic E-state index is 5.83. The van der Waals surface area contributed by atoms with Gasteiger partial charge in [-0.05, 0) is 134 Å². The van der Waals surface area contributed by atoms with Gasteiger partial charge in [0.2, 0.25) is 0 Å². The first-order chi connectivity index (χ1) is 29.4. The molecule has 8 rings (SSSR count). The summed E-state index contributed by atoms with van der Waals surface area (Å²) >= 11 is 0. The maximum Gasteiger partial charge on any atom is 0.126 e. The molecule has 8 aromatic carbocycles. The highest BCUT2D eigenvalue weighted by atomic mass is 16.5. The van der Waals surface area contributed by atoms with Crippen LogP contribution in [-0.4, -0.2) is 6.61 Å². The molecule has 3 nitrogen and oxygen atoms in total. The third kappa shape index (κ3) is 9.49. The van der Waals surface area contributed by atoms with Crippen molar-refractivity contribution in [1.82, 2.24) is 0 Å². The number of hydrogen-bond donors (Lipinski definition) is 0. The van der Waals surface area contributed by atoms with Gasteiger partial charge in [-0.1, -0.05) is 156 Å². The Hall–Kier alpha value is -7.36. The zero-order chi connectivity index (χ0) is 41.3. The number of aryl methyl sites for hydroxylation is 3. The normalized spacial score (nSPS) is 11.3. The van der Waals surface area contributed by atoms with E-state index >= 15 is 0 Å². The lowest BCUT2D eigenvalue weighted by Gasteiger charge is -2.26. The molecule has 0 saturated heterocycles. The summed E-state index contributed by atoms with van der Waals surface area (Å²) in [5.74, 6) is 0.895. The number of benzene rings is 8. The van der Waals surface area contributed by atoms with Gasteiger partial charge >= 0.3 is 0 Å². The van der Waals surface area contributed by atoms with Gasteiger partial charge in [-0.15, -0.1) is 0 Å². The first-order valence-corrected chi connectivity index (χ1v) is 20.7. The Morgan fingerprint density at radius 3 is 1.03 bits per heavy atom. The molecule has 0 radical (unpaired) electrons. The molecule has 0 aliphatic rings. The minimum Gasteiger partial charge on any atom is -0.493 e. The number of hydrogen-bond acceptors (Lipinski definition) is 3. The van der Waals surface area contributed by atoms with E-state index in [1.165, 1.54) is 22.3 Å². The van der Waals surface area contributed by atoms with Gasteiger partial charge in [-0.25, -0.2) is 0 Å². The van der Waals surface area contributed by atoms with E-state index in [1.807, 2.05) is 25.1 Å². The Bertz CT molecular complexity index is 2670. The summed E-state index contributed by atoms with van der Waals surface area (Å²) in [4.78, 5) is 4.63. The Morgan fingerprint density at radius 1 is 0.350 bits per heavy atom. The predicted octanol–water partition coefficient (Wildman–Crippen LogP) is 16.0. The van der Waals surface area contributed by atoms with Crippen LogP contribution in [0.2, 0.25) is 0 Å². The zero-order valence-corrected chi connectivity index (χ0v) is 34.8. The molecule has 0 bridgehead atoms. The molecule has 0 aliphatic heterocycles. The van der Waals surface area contributed by atoms with Crippen molar-refractivity contribution >= 4 is 58.4 Å². The standard InChI is InChI=1S/C57H50N2O/c1-5-60-57-9-7-6-8-50(57)25-20-47-23-36-54(37-24-47)59(52-32-14-44(4)15-33-52)56-40-28-49(29-41-56)48-26-38-55(39-27-48)58(51-30-12-43(3)13-31-51)53-34-21-46(22-35-53)19-18-45-16-10-42(2)11-17-45/h6-41H,5H2,1-4H3/b19-18+,25-20+. The number of anilines is 6. The fourth-order valence-corrected chi connectivity index (χ4v) is 7.32. The summed E-state index contributed by atoms with van der Waals surface area (Å²) in [6, 6.07) is 69.5. The molecule has 294 valence electrons. The lowest BCUT2D eigenvalue weighted by atomic mass is 10.0. The highest BCUT2D eigenvalue weighted by molar-refractivity contribution is 5.82. The molecule has 60 heavy (non-hydrogen) atoms. The molecule has 0 saturated carbocycles. The molecule has 0 heterocycles. The highest BCUT2D eigenvalue weighted by Crippen LogP contribution is 2.38. The van der Waals surface area contributed by atoms with Crippen molar-refractivity contribution in [2.45, 2.75) is 27.7 Å². The van der Waals surface area contributed by atoms with Gasteiger partial charge in [0.15, 0.2) is 0 Å². The first-order valence-electron chi connectivity index (χ1n) is 20.7. The fraction of sp³-hybridized carbons (Fsp3) is 0.0877. The molecule has 0 spiro atoms. The van der Waals surface area contributed by atoms with E-state index in [0.717, 1.165) is 67.7 Å². The van der Waals surface area contributed by atoms with Crippen molar-refractivity contribution in [3.63, 3.8) is 0 Å². The molecule has 0 N–H and O–H groups in total. The summed E-state index contributed by atoms with van der Waals surface area (Å²) in [6.45, 7) is 9.02. The second-order valence-electron chi connectivity index (χ2n) is 15.2. The van der Waals surface area contributed by atoms with Crippen LogP contribution in [0.3, 0.4) is 0 Å². The minimum atomic E-state index is 0.638. The molecule has 0 amide bonds. The Morgan fingerprint density at radius 2 is 0.650 bits per heavy atom. The smallest absolute Gasteiger partial charge is 0.126 e. The van der Waals surface area contributed by atoms with Gasteiger partial charge in [0.1, 0.15) is 5.75 Å². The summed E-state index contributed by atoms with van der Waals surface area (Å²) in [5.41, 5.74) is 17.2. The molecule has 0 aliphatic carbocycles. The van der Waals surface area contributed by atoms with Crippen molar-refractivity contribution in [2.24, 2.45) is 0 Å². The first kappa shape index (κ1) is 39.5. The van der Waals surface area contributed by atoms with E-state index in [0.29, 0.717) is 6.61 Å². The highest BCUT2D eigenvalue weighted by Gasteiger charge is 2.15. The second-order valence-corrected chi connectivity index (χ2v) is 15.2. The topological polar surface area (TPSA) is 15.7 Å². The third-order valence-electron chi connectivity index (χ3n) is 10.7. The lowest BCUT2D eigenvalue weighted by Crippen LogP contribution is -2.10. The largest absolute Gasteiger partial charge is 0.493 e. The van der Waals surface area contributed by atoms with Crippen LogP contribution < -0.4 is 14.5 Å². The molecular weight excluding hydrogens is 729 g/mol. The molecule has 8 aromatic rings. The number of para-hydroxylation sites is 1. The minimum absolute atomic E-state index is 0.638. The zero-order valence-electron chi connectivity index (χ0n) is 34.8. The monoisotopic (exact) mass is 778 g/mol. The number of rotatable bonds is 13. The van der Waals surface area contributed by atoms with E-state index in [1.54, 1.807) is 0 Å². The van der Waals surface area contributed by atoms with Crippen molar-refractivity contribution < 1.29 is 4.74 Å². The molecule has 0 fully saturated rings. The van der Waals surface area contributed by atoms with E-state index in [-0.39, 0.29) is 0 Å². The van der Waals surface area contributed by atoms with Crippen LogP contribution in [-0.2, 0) is 0 Å². The maximum atomic E-state index is 5.83. The van der Waals surface area contributed by atoms with Crippen LogP contribution in [0.25, 0.3) is 35.4 Å². The van der Waals surface area contributed by atoms with Gasteiger partial charge < -0.3 is 14.5 Å². The predicted molar refractivity (Wildman–Crippen MR) is 257 cm³/mol. The Labute approximate surface area is 355 Å². The molecule has 0 unspecified atom stereocenters. The molecular formula is C57H50N2O. The van der Waals surface area contributed by atoms with Gasteiger partial charge in [-0.3, -0.25) is 0 Å². The van der Waals surface area contributed by atoms with Crippen molar-refractivity contribution in [3.05, 3.63) is 233 Å². The fourth-order valence-electron chi connectivity index (χ4n) is 7.32. The van der Waals surface area contributed by atoms with E-state index in [9.17, 15) is 0 Å². The summed E-state index contributed by atoms with van der Waals surface area (Å²) in [7, 11) is 0. The van der Waals surface area contributed by atoms with Crippen molar-refractivity contribution in [2.75, 3.05) is 16.4 Å². The summed E-state index contributed by atoms with van der Waals surface area (Å²) < 4.78 is 5.83. The van der Waals surface area contributed by atoms with Gasteiger partial charge in [-0.2, -0.15) is 0 Å². The van der Waals surface area contributed by atoms with Crippen LogP contribution >= 0.6 is 0 Å². The molecule has 0 atom stereocenters. The van der Waals surface area contributed by atoms with Crippen LogP contribution in [0, 0.1) is 20.8 Å². The molecule has 0 aromatic heterocycles. The average molecular weight is 779 g/mol. The van der Waals surface area contributed by atoms with Crippen LogP contribution in [0.1, 0.15) is 45.9 Å². The number of nitrogens with zero attached hydrogens (tertiary/aromatic N) is 2. The van der Waals surface area contributed by atoms with Crippen molar-refractivity contribution in [3.8, 4) is 16.9 Å².